The highest BCUT2D eigenvalue weighted by atomic mass is 15.3. The average molecular weight is 249 g/mol. The van der Waals surface area contributed by atoms with E-state index < -0.39 is 0 Å². The van der Waals surface area contributed by atoms with Crippen molar-refractivity contribution in [2.45, 2.75) is 57.7 Å². The van der Waals surface area contributed by atoms with Crippen LogP contribution in [0.15, 0.2) is 12.7 Å². The van der Waals surface area contributed by atoms with Gasteiger partial charge < -0.3 is 5.32 Å². The van der Waals surface area contributed by atoms with E-state index in [0.717, 1.165) is 12.8 Å². The first kappa shape index (κ1) is 13.2. The van der Waals surface area contributed by atoms with Gasteiger partial charge in [-0.2, -0.15) is 0 Å². The fourth-order valence-electron chi connectivity index (χ4n) is 2.97. The van der Waals surface area contributed by atoms with Crippen LogP contribution in [0.5, 0.6) is 0 Å². The smallest absolute Gasteiger partial charge is 0.225 e. The van der Waals surface area contributed by atoms with Gasteiger partial charge in [0.2, 0.25) is 5.95 Å². The number of hydrogen-bond acceptors (Lipinski definition) is 5. The van der Waals surface area contributed by atoms with E-state index in [9.17, 15) is 0 Å². The minimum atomic E-state index is 0.173. The summed E-state index contributed by atoms with van der Waals surface area (Å²) in [6, 6.07) is 0.397. The average Bonchev–Trinajstić information content (AvgIpc) is 2.26. The third kappa shape index (κ3) is 2.61. The van der Waals surface area contributed by atoms with Crippen molar-refractivity contribution in [2.24, 2.45) is 0 Å². The van der Waals surface area contributed by atoms with Crippen LogP contribution < -0.4 is 5.32 Å². The van der Waals surface area contributed by atoms with Crippen molar-refractivity contribution in [2.75, 3.05) is 12.4 Å². The lowest BCUT2D eigenvalue weighted by Crippen LogP contribution is -2.61. The minimum absolute atomic E-state index is 0.173. The van der Waals surface area contributed by atoms with E-state index in [1.165, 1.54) is 12.7 Å². The van der Waals surface area contributed by atoms with Crippen LogP contribution in [0, 0.1) is 0 Å². The lowest BCUT2D eigenvalue weighted by atomic mass is 9.77. The summed E-state index contributed by atoms with van der Waals surface area (Å²) in [5, 5.41) is 3.42. The summed E-state index contributed by atoms with van der Waals surface area (Å²) in [7, 11) is 2.21. The van der Waals surface area contributed by atoms with E-state index in [0.29, 0.717) is 12.0 Å². The second-order valence-electron chi connectivity index (χ2n) is 6.40. The second kappa shape index (κ2) is 4.46. The molecule has 0 saturated carbocycles. The van der Waals surface area contributed by atoms with Crippen molar-refractivity contribution in [3.63, 3.8) is 0 Å². The molecular weight excluding hydrogens is 226 g/mol. The number of anilines is 1. The van der Waals surface area contributed by atoms with Crippen molar-refractivity contribution >= 4 is 5.95 Å². The van der Waals surface area contributed by atoms with Gasteiger partial charge in [0.1, 0.15) is 12.7 Å². The molecule has 0 radical (unpaired) electrons. The van der Waals surface area contributed by atoms with E-state index >= 15 is 0 Å². The first-order valence-corrected chi connectivity index (χ1v) is 6.44. The zero-order chi connectivity index (χ0) is 13.4. The molecule has 0 bridgehead atoms. The molecule has 0 spiro atoms. The number of nitrogens with one attached hydrogen (secondary N) is 1. The van der Waals surface area contributed by atoms with Crippen LogP contribution in [-0.4, -0.2) is 44.0 Å². The Morgan fingerprint density at radius 3 is 2.11 bits per heavy atom. The predicted molar refractivity (Wildman–Crippen MR) is 72.4 cm³/mol. The van der Waals surface area contributed by atoms with Crippen LogP contribution in [-0.2, 0) is 0 Å². The summed E-state index contributed by atoms with van der Waals surface area (Å²) >= 11 is 0. The second-order valence-corrected chi connectivity index (χ2v) is 6.40. The van der Waals surface area contributed by atoms with Gasteiger partial charge in [0.15, 0.2) is 0 Å². The Bertz CT molecular complexity index is 383. The van der Waals surface area contributed by atoms with E-state index in [-0.39, 0.29) is 11.1 Å². The molecule has 0 amide bonds. The highest BCUT2D eigenvalue weighted by molar-refractivity contribution is 5.24. The molecule has 1 N–H and O–H groups in total. The molecule has 1 aromatic heterocycles. The maximum absolute atomic E-state index is 4.14. The first-order chi connectivity index (χ1) is 8.31. The van der Waals surface area contributed by atoms with Crippen molar-refractivity contribution in [3.8, 4) is 0 Å². The summed E-state index contributed by atoms with van der Waals surface area (Å²) in [5.74, 6) is 0.672. The van der Waals surface area contributed by atoms with Crippen LogP contribution in [0.1, 0.15) is 40.5 Å². The fourth-order valence-corrected chi connectivity index (χ4v) is 2.97. The monoisotopic (exact) mass is 249 g/mol. The van der Waals surface area contributed by atoms with Gasteiger partial charge in [-0.1, -0.05) is 0 Å². The van der Waals surface area contributed by atoms with Crippen molar-refractivity contribution in [1.29, 1.82) is 0 Å². The van der Waals surface area contributed by atoms with Gasteiger partial charge in [-0.3, -0.25) is 4.90 Å². The Morgan fingerprint density at radius 2 is 1.61 bits per heavy atom. The molecule has 1 fully saturated rings. The molecule has 100 valence electrons. The summed E-state index contributed by atoms with van der Waals surface area (Å²) in [4.78, 5) is 14.6. The Balaban J connectivity index is 2.12. The molecule has 1 aliphatic rings. The maximum atomic E-state index is 4.14. The van der Waals surface area contributed by atoms with Gasteiger partial charge in [0.05, 0.1) is 0 Å². The molecular formula is C13H23N5. The van der Waals surface area contributed by atoms with E-state index in [2.05, 4.69) is 59.9 Å². The van der Waals surface area contributed by atoms with Gasteiger partial charge in [-0.15, -0.1) is 0 Å². The van der Waals surface area contributed by atoms with Crippen molar-refractivity contribution < 1.29 is 0 Å². The zero-order valence-electron chi connectivity index (χ0n) is 11.9. The van der Waals surface area contributed by atoms with Crippen molar-refractivity contribution in [1.82, 2.24) is 19.9 Å². The minimum Gasteiger partial charge on any atom is -0.351 e. The van der Waals surface area contributed by atoms with Crippen molar-refractivity contribution in [3.05, 3.63) is 12.7 Å². The third-order valence-corrected chi connectivity index (χ3v) is 4.13. The summed E-state index contributed by atoms with van der Waals surface area (Å²) in [6.07, 6.45) is 5.22. The van der Waals surface area contributed by atoms with Crippen LogP contribution in [0.2, 0.25) is 0 Å². The number of piperidine rings is 1. The molecule has 2 rings (SSSR count). The Morgan fingerprint density at radius 1 is 1.11 bits per heavy atom. The lowest BCUT2D eigenvalue weighted by molar-refractivity contribution is -0.00778. The number of nitrogens with zero attached hydrogens (tertiary/aromatic N) is 4. The summed E-state index contributed by atoms with van der Waals surface area (Å²) < 4.78 is 0. The number of aromatic nitrogens is 3. The fraction of sp³-hybridized carbons (Fsp3) is 0.769. The molecule has 5 nitrogen and oxygen atoms in total. The highest BCUT2D eigenvalue weighted by Gasteiger charge is 2.43. The van der Waals surface area contributed by atoms with Crippen LogP contribution in [0.25, 0.3) is 0 Å². The van der Waals surface area contributed by atoms with Crippen LogP contribution in [0.3, 0.4) is 0 Å². The van der Waals surface area contributed by atoms with E-state index in [1.54, 1.807) is 0 Å². The molecule has 1 aromatic rings. The van der Waals surface area contributed by atoms with E-state index in [1.807, 2.05) is 0 Å². The molecule has 5 heteroatoms. The van der Waals surface area contributed by atoms with Gasteiger partial charge in [0, 0.05) is 17.1 Å². The highest BCUT2D eigenvalue weighted by Crippen LogP contribution is 2.37. The lowest BCUT2D eigenvalue weighted by Gasteiger charge is -2.53. The predicted octanol–water partition coefficient (Wildman–Crippen LogP) is 1.93. The molecule has 0 aliphatic carbocycles. The summed E-state index contributed by atoms with van der Waals surface area (Å²) in [5.41, 5.74) is 0.346. The first-order valence-electron chi connectivity index (χ1n) is 6.44. The molecule has 0 unspecified atom stereocenters. The normalized spacial score (nSPS) is 23.8. The number of rotatable bonds is 2. The van der Waals surface area contributed by atoms with Gasteiger partial charge in [-0.25, -0.2) is 15.0 Å². The van der Waals surface area contributed by atoms with E-state index in [4.69, 9.17) is 0 Å². The Labute approximate surface area is 109 Å². The van der Waals surface area contributed by atoms with Crippen LogP contribution in [0.4, 0.5) is 5.95 Å². The third-order valence-electron chi connectivity index (χ3n) is 4.13. The largest absolute Gasteiger partial charge is 0.351 e. The maximum Gasteiger partial charge on any atom is 0.225 e. The topological polar surface area (TPSA) is 53.9 Å². The molecule has 0 atom stereocenters. The molecule has 18 heavy (non-hydrogen) atoms. The SMILES string of the molecule is CN1C(C)(C)CC(Nc2ncncn2)CC1(C)C. The molecule has 1 aliphatic heterocycles. The molecule has 1 saturated heterocycles. The molecule has 2 heterocycles. The number of likely N-dealkylation sites (tertiary alicyclic amines) is 1. The Kier molecular flexibility index (Phi) is 3.27. The van der Waals surface area contributed by atoms with Gasteiger partial charge in [-0.05, 0) is 47.6 Å². The molecule has 0 aromatic carbocycles. The van der Waals surface area contributed by atoms with Gasteiger partial charge in [0.25, 0.3) is 0 Å². The number of hydrogen-bond donors (Lipinski definition) is 1. The summed E-state index contributed by atoms with van der Waals surface area (Å²) in [6.45, 7) is 9.15. The quantitative estimate of drug-likeness (QED) is 0.868. The van der Waals surface area contributed by atoms with Gasteiger partial charge >= 0.3 is 0 Å². The standard InChI is InChI=1S/C13H23N5/c1-12(2)6-10(7-13(3,4)18(12)5)17-11-15-8-14-9-16-11/h8-10H,6-7H2,1-5H3,(H,14,15,16,17). The van der Waals surface area contributed by atoms with Crippen LogP contribution >= 0.6 is 0 Å². The Hall–Kier alpha value is -1.23. The zero-order valence-corrected chi connectivity index (χ0v) is 11.9.